The number of hydrogen-bond donors (Lipinski definition) is 1. The van der Waals surface area contributed by atoms with Crippen LogP contribution in [0.2, 0.25) is 10.0 Å². The first-order chi connectivity index (χ1) is 11.6. The van der Waals surface area contributed by atoms with E-state index < -0.39 is 5.91 Å². The van der Waals surface area contributed by atoms with Crippen LogP contribution in [-0.4, -0.2) is 12.5 Å². The Kier molecular flexibility index (Phi) is 6.25. The minimum atomic E-state index is -0.576. The number of benzene rings is 2. The summed E-state index contributed by atoms with van der Waals surface area (Å²) < 4.78 is 5.49. The molecule has 0 aliphatic carbocycles. The quantitative estimate of drug-likeness (QED) is 0.606. The Morgan fingerprint density at radius 3 is 2.71 bits per heavy atom. The van der Waals surface area contributed by atoms with Gasteiger partial charge in [0, 0.05) is 5.56 Å². The number of nitrogens with one attached hydrogen (secondary N) is 1. The summed E-state index contributed by atoms with van der Waals surface area (Å²) in [6, 6.07) is 13.9. The molecule has 122 valence electrons. The molecule has 0 saturated carbocycles. The minimum Gasteiger partial charge on any atom is -0.493 e. The number of carbonyl (C=O) groups excluding carboxylic acids is 1. The summed E-state index contributed by atoms with van der Waals surface area (Å²) in [6.07, 6.45) is 1.47. The Balaban J connectivity index is 2.30. The number of carbonyl (C=O) groups is 1. The van der Waals surface area contributed by atoms with Crippen LogP contribution in [0.3, 0.4) is 0 Å². The van der Waals surface area contributed by atoms with Gasteiger partial charge < -0.3 is 10.1 Å². The van der Waals surface area contributed by atoms with Crippen LogP contribution >= 0.6 is 23.2 Å². The maximum atomic E-state index is 12.3. The molecule has 4 nitrogen and oxygen atoms in total. The summed E-state index contributed by atoms with van der Waals surface area (Å²) in [6.45, 7) is 2.34. The summed E-state index contributed by atoms with van der Waals surface area (Å²) in [5.41, 5.74) is 0.912. The van der Waals surface area contributed by atoms with Crippen LogP contribution in [0.25, 0.3) is 6.08 Å². The lowest BCUT2D eigenvalue weighted by atomic mass is 10.1. The maximum Gasteiger partial charge on any atom is 0.266 e. The fraction of sp³-hybridized carbons (Fsp3) is 0.111. The zero-order chi connectivity index (χ0) is 17.5. The van der Waals surface area contributed by atoms with Crippen LogP contribution in [0.5, 0.6) is 5.75 Å². The third-order valence-electron chi connectivity index (χ3n) is 3.08. The minimum absolute atomic E-state index is 0.0711. The van der Waals surface area contributed by atoms with E-state index in [1.165, 1.54) is 6.08 Å². The normalized spacial score (nSPS) is 10.8. The van der Waals surface area contributed by atoms with Crippen LogP contribution in [-0.2, 0) is 4.79 Å². The lowest BCUT2D eigenvalue weighted by Crippen LogP contribution is -2.13. The number of nitriles is 1. The van der Waals surface area contributed by atoms with Gasteiger partial charge in [0.2, 0.25) is 0 Å². The number of para-hydroxylation sites is 1. The summed E-state index contributed by atoms with van der Waals surface area (Å²) in [4.78, 5) is 12.3. The Labute approximate surface area is 150 Å². The maximum absolute atomic E-state index is 12.3. The van der Waals surface area contributed by atoms with Crippen molar-refractivity contribution in [2.24, 2.45) is 0 Å². The van der Waals surface area contributed by atoms with Crippen LogP contribution in [0, 0.1) is 11.3 Å². The standard InChI is InChI=1S/C18H14Cl2N2O2/c1-2-24-16-9-4-3-6-12(16)10-13(11-21)18(23)22-15-8-5-7-14(19)17(15)20/h3-10H,2H2,1H3,(H,22,23)/b13-10+. The van der Waals surface area contributed by atoms with Crippen LogP contribution in [0.15, 0.2) is 48.0 Å². The van der Waals surface area contributed by atoms with E-state index in [9.17, 15) is 10.1 Å². The number of amides is 1. The van der Waals surface area contributed by atoms with Crippen LogP contribution in [0.4, 0.5) is 5.69 Å². The molecule has 2 aromatic rings. The van der Waals surface area contributed by atoms with Gasteiger partial charge in [0.05, 0.1) is 22.3 Å². The van der Waals surface area contributed by atoms with Gasteiger partial charge in [0.15, 0.2) is 0 Å². The molecule has 0 aliphatic rings. The molecule has 1 amide bonds. The second-order valence-electron chi connectivity index (χ2n) is 4.70. The molecule has 0 atom stereocenters. The summed E-state index contributed by atoms with van der Waals surface area (Å²) >= 11 is 12.0. The van der Waals surface area contributed by atoms with Crippen molar-refractivity contribution in [3.8, 4) is 11.8 Å². The second kappa shape index (κ2) is 8.39. The van der Waals surface area contributed by atoms with Gasteiger partial charge in [0.1, 0.15) is 17.4 Å². The Bertz CT molecular complexity index is 826. The predicted octanol–water partition coefficient (Wildman–Crippen LogP) is 4.94. The van der Waals surface area contributed by atoms with Crippen LogP contribution in [0.1, 0.15) is 12.5 Å². The van der Waals surface area contributed by atoms with Crippen molar-refractivity contribution >= 4 is 40.9 Å². The molecule has 0 bridgehead atoms. The molecule has 0 aliphatic heterocycles. The highest BCUT2D eigenvalue weighted by atomic mass is 35.5. The number of anilines is 1. The second-order valence-corrected chi connectivity index (χ2v) is 5.48. The first kappa shape index (κ1) is 17.9. The van der Waals surface area contributed by atoms with Gasteiger partial charge >= 0.3 is 0 Å². The molecule has 2 aromatic carbocycles. The highest BCUT2D eigenvalue weighted by Crippen LogP contribution is 2.30. The summed E-state index contributed by atoms with van der Waals surface area (Å²) in [5, 5.41) is 12.4. The largest absolute Gasteiger partial charge is 0.493 e. The molecule has 24 heavy (non-hydrogen) atoms. The molecule has 0 radical (unpaired) electrons. The van der Waals surface area contributed by atoms with Crippen LogP contribution < -0.4 is 10.1 Å². The van der Waals surface area contributed by atoms with Crippen molar-refractivity contribution in [1.82, 2.24) is 0 Å². The summed E-state index contributed by atoms with van der Waals surface area (Å²) in [7, 11) is 0. The topological polar surface area (TPSA) is 62.1 Å². The molecule has 6 heteroatoms. The van der Waals surface area contributed by atoms with Gasteiger partial charge in [0.25, 0.3) is 5.91 Å². The number of rotatable bonds is 5. The third kappa shape index (κ3) is 4.29. The Morgan fingerprint density at radius 2 is 2.00 bits per heavy atom. The number of ether oxygens (including phenoxy) is 1. The predicted molar refractivity (Wildman–Crippen MR) is 96.3 cm³/mol. The first-order valence-corrected chi connectivity index (χ1v) is 7.91. The van der Waals surface area contributed by atoms with Crippen molar-refractivity contribution < 1.29 is 9.53 Å². The van der Waals surface area contributed by atoms with Crippen molar-refractivity contribution in [1.29, 1.82) is 5.26 Å². The zero-order valence-electron chi connectivity index (χ0n) is 12.8. The van der Waals surface area contributed by atoms with Gasteiger partial charge in [-0.05, 0) is 31.2 Å². The third-order valence-corrected chi connectivity index (χ3v) is 3.90. The molecule has 0 spiro atoms. The van der Waals surface area contributed by atoms with E-state index in [-0.39, 0.29) is 10.6 Å². The molecule has 1 N–H and O–H groups in total. The molecule has 0 fully saturated rings. The number of hydrogen-bond acceptors (Lipinski definition) is 3. The molecule has 0 unspecified atom stereocenters. The highest BCUT2D eigenvalue weighted by Gasteiger charge is 2.13. The van der Waals surface area contributed by atoms with E-state index in [2.05, 4.69) is 5.32 Å². The molecular weight excluding hydrogens is 347 g/mol. The lowest BCUT2D eigenvalue weighted by Gasteiger charge is -2.09. The van der Waals surface area contributed by atoms with Crippen molar-refractivity contribution in [3.05, 3.63) is 63.6 Å². The molecular formula is C18H14Cl2N2O2. The van der Waals surface area contributed by atoms with E-state index >= 15 is 0 Å². The van der Waals surface area contributed by atoms with Crippen molar-refractivity contribution in [2.45, 2.75) is 6.92 Å². The Morgan fingerprint density at radius 1 is 1.25 bits per heavy atom. The van der Waals surface area contributed by atoms with Gasteiger partial charge in [-0.2, -0.15) is 5.26 Å². The van der Waals surface area contributed by atoms with E-state index in [0.29, 0.717) is 28.6 Å². The van der Waals surface area contributed by atoms with E-state index in [1.807, 2.05) is 19.1 Å². The molecule has 0 heterocycles. The monoisotopic (exact) mass is 360 g/mol. The highest BCUT2D eigenvalue weighted by molar-refractivity contribution is 6.44. The average molecular weight is 361 g/mol. The van der Waals surface area contributed by atoms with E-state index in [0.717, 1.165) is 0 Å². The Hall–Kier alpha value is -2.48. The van der Waals surface area contributed by atoms with E-state index in [1.54, 1.807) is 36.4 Å². The van der Waals surface area contributed by atoms with Gasteiger partial charge in [-0.3, -0.25) is 4.79 Å². The number of halogens is 2. The summed E-state index contributed by atoms with van der Waals surface area (Å²) in [5.74, 6) is 0.0225. The van der Waals surface area contributed by atoms with Crippen molar-refractivity contribution in [2.75, 3.05) is 11.9 Å². The number of nitrogens with zero attached hydrogens (tertiary/aromatic N) is 1. The fourth-order valence-corrected chi connectivity index (χ4v) is 2.33. The SMILES string of the molecule is CCOc1ccccc1/C=C(\C#N)C(=O)Nc1cccc(Cl)c1Cl. The van der Waals surface area contributed by atoms with Gasteiger partial charge in [-0.15, -0.1) is 0 Å². The molecule has 0 aromatic heterocycles. The van der Waals surface area contributed by atoms with E-state index in [4.69, 9.17) is 27.9 Å². The van der Waals surface area contributed by atoms with Gasteiger partial charge in [-0.25, -0.2) is 0 Å². The molecule has 0 saturated heterocycles. The fourth-order valence-electron chi connectivity index (χ4n) is 1.98. The molecule has 2 rings (SSSR count). The average Bonchev–Trinajstić information content (AvgIpc) is 2.58. The smallest absolute Gasteiger partial charge is 0.266 e. The van der Waals surface area contributed by atoms with Crippen molar-refractivity contribution in [3.63, 3.8) is 0 Å². The zero-order valence-corrected chi connectivity index (χ0v) is 14.4. The lowest BCUT2D eigenvalue weighted by molar-refractivity contribution is -0.112. The first-order valence-electron chi connectivity index (χ1n) is 7.15. The van der Waals surface area contributed by atoms with Gasteiger partial charge in [-0.1, -0.05) is 47.5 Å².